The van der Waals surface area contributed by atoms with Gasteiger partial charge in [0.2, 0.25) is 0 Å². The summed E-state index contributed by atoms with van der Waals surface area (Å²) in [6.45, 7) is 18.4. The largest absolute Gasteiger partial charge is 0.414 e. The highest BCUT2D eigenvalue weighted by atomic mass is 28.4. The minimum absolute atomic E-state index is 0.252. The second-order valence-electron chi connectivity index (χ2n) is 11.7. The Morgan fingerprint density at radius 3 is 1.11 bits per heavy atom. The molecule has 0 saturated heterocycles. The van der Waals surface area contributed by atoms with Gasteiger partial charge in [-0.25, -0.2) is 0 Å². The Balaban J connectivity index is 3.14. The van der Waals surface area contributed by atoms with Crippen LogP contribution in [0.3, 0.4) is 0 Å². The van der Waals surface area contributed by atoms with Crippen LogP contribution in [0.1, 0.15) is 130 Å². The molecule has 0 aromatic carbocycles. The molecular weight excluding hydrogens is 452 g/mol. The Bertz CT molecular complexity index is 423. The van der Waals surface area contributed by atoms with Gasteiger partial charge in [-0.05, 0) is 24.6 Å². The maximum Gasteiger partial charge on any atom is 0.192 e. The fourth-order valence-electron chi connectivity index (χ4n) is 3.87. The third kappa shape index (κ3) is 24.2. The summed E-state index contributed by atoms with van der Waals surface area (Å²) in [6, 6.07) is 0. The first-order valence-corrected chi connectivity index (χ1v) is 18.1. The lowest BCUT2D eigenvalue weighted by Gasteiger charge is -2.36. The average Bonchev–Trinajstić information content (AvgIpc) is 2.80. The van der Waals surface area contributed by atoms with E-state index in [1.165, 1.54) is 103 Å². The van der Waals surface area contributed by atoms with E-state index in [1.54, 1.807) is 0 Å². The zero-order valence-corrected chi connectivity index (χ0v) is 25.9. The van der Waals surface area contributed by atoms with Gasteiger partial charge < -0.3 is 18.6 Å². The van der Waals surface area contributed by atoms with Gasteiger partial charge in [-0.1, -0.05) is 124 Å². The van der Waals surface area contributed by atoms with E-state index in [-0.39, 0.29) is 5.04 Å². The molecule has 0 rings (SSSR count). The molecule has 0 atom stereocenters. The molecule has 212 valence electrons. The number of unbranched alkanes of at least 4 members (excludes halogenated alkanes) is 15. The molecule has 0 aliphatic rings. The molecule has 0 radical (unpaired) electrons. The van der Waals surface area contributed by atoms with Gasteiger partial charge in [0.1, 0.15) is 0 Å². The topological polar surface area (TPSA) is 36.9 Å². The Kier molecular flexibility index (Phi) is 24.4. The highest BCUT2D eigenvalue weighted by Crippen LogP contribution is 2.36. The maximum absolute atomic E-state index is 6.10. The molecule has 35 heavy (non-hydrogen) atoms. The lowest BCUT2D eigenvalue weighted by molar-refractivity contribution is 0.00800. The summed E-state index contributed by atoms with van der Waals surface area (Å²) in [5, 5.41) is 0.252. The Labute approximate surface area is 221 Å². The van der Waals surface area contributed by atoms with Gasteiger partial charge in [0.25, 0.3) is 0 Å². The summed E-state index contributed by atoms with van der Waals surface area (Å²) in [7, 11) is -1.65. The summed E-state index contributed by atoms with van der Waals surface area (Å²) in [5.41, 5.74) is 0. The number of ether oxygens (including phenoxy) is 3. The molecule has 0 fully saturated rings. The zero-order valence-electron chi connectivity index (χ0n) is 24.9. The van der Waals surface area contributed by atoms with E-state index < -0.39 is 8.32 Å². The lowest BCUT2D eigenvalue weighted by Crippen LogP contribution is -2.41. The Morgan fingerprint density at radius 2 is 0.743 bits per heavy atom. The minimum Gasteiger partial charge on any atom is -0.414 e. The molecule has 0 unspecified atom stereocenters. The van der Waals surface area contributed by atoms with Crippen LogP contribution in [-0.2, 0) is 18.6 Å². The first-order valence-electron chi connectivity index (χ1n) is 15.2. The van der Waals surface area contributed by atoms with Crippen LogP contribution in [0.5, 0.6) is 0 Å². The molecule has 0 bridgehead atoms. The van der Waals surface area contributed by atoms with Crippen molar-refractivity contribution in [3.05, 3.63) is 0 Å². The predicted octanol–water partition coefficient (Wildman–Crippen LogP) is 9.32. The molecule has 0 aliphatic heterocycles. The zero-order chi connectivity index (χ0) is 26.1. The highest BCUT2D eigenvalue weighted by molar-refractivity contribution is 6.74. The Morgan fingerprint density at radius 1 is 0.429 bits per heavy atom. The van der Waals surface area contributed by atoms with Gasteiger partial charge in [-0.15, -0.1) is 0 Å². The van der Waals surface area contributed by atoms with Crippen molar-refractivity contribution in [2.24, 2.45) is 0 Å². The van der Waals surface area contributed by atoms with E-state index in [0.29, 0.717) is 39.6 Å². The van der Waals surface area contributed by atoms with Crippen molar-refractivity contribution in [3.63, 3.8) is 0 Å². The molecule has 0 aromatic heterocycles. The third-order valence-corrected chi connectivity index (χ3v) is 11.9. The molecule has 0 aromatic rings. The van der Waals surface area contributed by atoms with Crippen LogP contribution < -0.4 is 0 Å². The van der Waals surface area contributed by atoms with Crippen LogP contribution in [0.15, 0.2) is 0 Å². The summed E-state index contributed by atoms with van der Waals surface area (Å²) in [6.07, 6.45) is 22.5. The molecule has 4 nitrogen and oxygen atoms in total. The van der Waals surface area contributed by atoms with Crippen molar-refractivity contribution < 1.29 is 18.6 Å². The van der Waals surface area contributed by atoms with Gasteiger partial charge >= 0.3 is 0 Å². The van der Waals surface area contributed by atoms with Crippen molar-refractivity contribution >= 4 is 8.32 Å². The number of hydrogen-bond donors (Lipinski definition) is 0. The maximum atomic E-state index is 6.10. The van der Waals surface area contributed by atoms with Crippen LogP contribution in [0.2, 0.25) is 18.1 Å². The molecule has 0 amide bonds. The standard InChI is InChI=1S/C30H64O4Si/c1-7-8-9-10-11-12-13-14-15-16-17-18-19-20-21-22-23-31-24-25-32-26-27-33-28-29-34-35(5,6)30(2,3)4/h7-29H2,1-6H3. The molecule has 0 heterocycles. The van der Waals surface area contributed by atoms with Gasteiger partial charge in [-0.3, -0.25) is 0 Å². The first-order chi connectivity index (χ1) is 16.8. The summed E-state index contributed by atoms with van der Waals surface area (Å²) in [5.74, 6) is 0. The van der Waals surface area contributed by atoms with Crippen LogP contribution in [-0.4, -0.2) is 54.6 Å². The van der Waals surface area contributed by atoms with Crippen molar-refractivity contribution in [1.29, 1.82) is 0 Å². The van der Waals surface area contributed by atoms with E-state index in [2.05, 4.69) is 40.8 Å². The minimum atomic E-state index is -1.65. The highest BCUT2D eigenvalue weighted by Gasteiger charge is 2.36. The average molecular weight is 517 g/mol. The van der Waals surface area contributed by atoms with Crippen molar-refractivity contribution in [1.82, 2.24) is 0 Å². The summed E-state index contributed by atoms with van der Waals surface area (Å²) < 4.78 is 23.0. The second-order valence-corrected chi connectivity index (χ2v) is 16.6. The van der Waals surface area contributed by atoms with E-state index in [4.69, 9.17) is 18.6 Å². The monoisotopic (exact) mass is 516 g/mol. The fourth-order valence-corrected chi connectivity index (χ4v) is 4.89. The predicted molar refractivity (Wildman–Crippen MR) is 155 cm³/mol. The van der Waals surface area contributed by atoms with Crippen LogP contribution in [0.4, 0.5) is 0 Å². The van der Waals surface area contributed by atoms with Crippen LogP contribution >= 0.6 is 0 Å². The lowest BCUT2D eigenvalue weighted by atomic mass is 10.0. The molecule has 0 saturated carbocycles. The molecule has 0 N–H and O–H groups in total. The van der Waals surface area contributed by atoms with Crippen molar-refractivity contribution in [3.8, 4) is 0 Å². The normalized spacial score (nSPS) is 12.5. The van der Waals surface area contributed by atoms with E-state index in [9.17, 15) is 0 Å². The quantitative estimate of drug-likeness (QED) is 0.0805. The van der Waals surface area contributed by atoms with Gasteiger partial charge in [0.15, 0.2) is 8.32 Å². The van der Waals surface area contributed by atoms with Crippen LogP contribution in [0, 0.1) is 0 Å². The molecule has 5 heteroatoms. The summed E-state index contributed by atoms with van der Waals surface area (Å²) in [4.78, 5) is 0. The first kappa shape index (κ1) is 35.1. The Hall–Kier alpha value is 0.0569. The number of hydrogen-bond acceptors (Lipinski definition) is 4. The smallest absolute Gasteiger partial charge is 0.192 e. The van der Waals surface area contributed by atoms with Gasteiger partial charge in [0.05, 0.1) is 39.6 Å². The van der Waals surface area contributed by atoms with E-state index >= 15 is 0 Å². The van der Waals surface area contributed by atoms with E-state index in [1.807, 2.05) is 0 Å². The van der Waals surface area contributed by atoms with Crippen LogP contribution in [0.25, 0.3) is 0 Å². The molecular formula is C30H64O4Si. The number of rotatable bonds is 27. The van der Waals surface area contributed by atoms with Gasteiger partial charge in [0, 0.05) is 6.61 Å². The molecule has 0 aliphatic carbocycles. The third-order valence-electron chi connectivity index (χ3n) is 7.38. The van der Waals surface area contributed by atoms with Crippen molar-refractivity contribution in [2.75, 3.05) is 46.2 Å². The SMILES string of the molecule is CCCCCCCCCCCCCCCCCCOCCOCCOCCO[Si](C)(C)C(C)(C)C. The molecule has 0 spiro atoms. The summed E-state index contributed by atoms with van der Waals surface area (Å²) >= 11 is 0. The van der Waals surface area contributed by atoms with Gasteiger partial charge in [-0.2, -0.15) is 0 Å². The fraction of sp³-hybridized carbons (Fsp3) is 1.00. The van der Waals surface area contributed by atoms with Crippen molar-refractivity contribution in [2.45, 2.75) is 149 Å². The second kappa shape index (κ2) is 24.4. The van der Waals surface area contributed by atoms with E-state index in [0.717, 1.165) is 6.61 Å².